The molecule has 2 aromatic rings. The van der Waals surface area contributed by atoms with Gasteiger partial charge in [-0.1, -0.05) is 44.2 Å². The van der Waals surface area contributed by atoms with Crippen molar-refractivity contribution in [2.75, 3.05) is 13.9 Å². The molecule has 0 N–H and O–H groups in total. The van der Waals surface area contributed by atoms with E-state index in [-0.39, 0.29) is 5.56 Å². The van der Waals surface area contributed by atoms with E-state index in [4.69, 9.17) is 14.2 Å². The van der Waals surface area contributed by atoms with E-state index in [1.54, 1.807) is 18.2 Å². The van der Waals surface area contributed by atoms with Crippen molar-refractivity contribution in [3.05, 3.63) is 65.7 Å². The number of hydrogen-bond donors (Lipinski definition) is 0. The number of hydrogen-bond acceptors (Lipinski definition) is 3. The molecule has 1 atom stereocenters. The second-order valence-electron chi connectivity index (χ2n) is 6.53. The van der Waals surface area contributed by atoms with E-state index in [0.717, 1.165) is 18.9 Å². The second kappa shape index (κ2) is 9.26. The van der Waals surface area contributed by atoms with Crippen LogP contribution in [0.3, 0.4) is 0 Å². The summed E-state index contributed by atoms with van der Waals surface area (Å²) in [5.41, 5.74) is -0.899. The number of ether oxygens (including phenoxy) is 3. The van der Waals surface area contributed by atoms with E-state index in [1.807, 2.05) is 25.1 Å². The van der Waals surface area contributed by atoms with Gasteiger partial charge in [0.05, 0.1) is 0 Å². The van der Waals surface area contributed by atoms with Crippen molar-refractivity contribution in [3.63, 3.8) is 0 Å². The summed E-state index contributed by atoms with van der Waals surface area (Å²) < 4.78 is 56.9. The van der Waals surface area contributed by atoms with Crippen LogP contribution >= 0.6 is 0 Å². The lowest BCUT2D eigenvalue weighted by Crippen LogP contribution is -2.42. The van der Waals surface area contributed by atoms with Gasteiger partial charge in [0, 0.05) is 7.11 Å². The third kappa shape index (κ3) is 4.94. The number of rotatable bonds is 9. The predicted molar refractivity (Wildman–Crippen MR) is 103 cm³/mol. The molecule has 0 bridgehead atoms. The van der Waals surface area contributed by atoms with E-state index >= 15 is 0 Å². The number of halogens is 3. The molecular weight excluding hydrogens is 369 g/mol. The molecule has 2 rings (SSSR count). The Morgan fingerprint density at radius 1 is 1.11 bits per heavy atom. The van der Waals surface area contributed by atoms with E-state index in [2.05, 4.69) is 6.58 Å². The van der Waals surface area contributed by atoms with Crippen LogP contribution in [0.25, 0.3) is 6.08 Å². The van der Waals surface area contributed by atoms with Gasteiger partial charge in [-0.3, -0.25) is 0 Å². The quantitative estimate of drug-likeness (QED) is 0.456. The standard InChI is InChI=1S/C22H25F3O3/c1-5-8-17-14-18(21(3,22(23,24)25)27-15-26-4)11-12-20(17)28-19-10-7-9-16(6-2)13-19/h6-7,9-14H,2,5,8,15H2,1,3-4H3. The first-order valence-electron chi connectivity index (χ1n) is 8.98. The van der Waals surface area contributed by atoms with Crippen LogP contribution in [0.15, 0.2) is 49.0 Å². The maximum absolute atomic E-state index is 13.7. The van der Waals surface area contributed by atoms with E-state index in [0.29, 0.717) is 23.5 Å². The average molecular weight is 394 g/mol. The van der Waals surface area contributed by atoms with Crippen LogP contribution in [-0.2, 0) is 21.5 Å². The summed E-state index contributed by atoms with van der Waals surface area (Å²) in [7, 11) is 1.29. The molecular formula is C22H25F3O3. The molecule has 1 unspecified atom stereocenters. The Morgan fingerprint density at radius 3 is 2.46 bits per heavy atom. The highest BCUT2D eigenvalue weighted by atomic mass is 19.4. The number of aryl methyl sites for hydroxylation is 1. The largest absolute Gasteiger partial charge is 0.457 e. The van der Waals surface area contributed by atoms with Gasteiger partial charge in [0.1, 0.15) is 18.3 Å². The fraction of sp³-hybridized carbons (Fsp3) is 0.364. The van der Waals surface area contributed by atoms with Crippen LogP contribution in [0.4, 0.5) is 13.2 Å². The minimum atomic E-state index is -4.60. The minimum Gasteiger partial charge on any atom is -0.457 e. The van der Waals surface area contributed by atoms with Gasteiger partial charge >= 0.3 is 6.18 Å². The smallest absolute Gasteiger partial charge is 0.421 e. The molecule has 152 valence electrons. The lowest BCUT2D eigenvalue weighted by Gasteiger charge is -2.32. The Kier molecular flexibility index (Phi) is 7.27. The molecule has 0 aromatic heterocycles. The number of methoxy groups -OCH3 is 1. The highest BCUT2D eigenvalue weighted by Crippen LogP contribution is 2.43. The van der Waals surface area contributed by atoms with Crippen molar-refractivity contribution in [1.82, 2.24) is 0 Å². The summed E-state index contributed by atoms with van der Waals surface area (Å²) in [6, 6.07) is 11.8. The second-order valence-corrected chi connectivity index (χ2v) is 6.53. The van der Waals surface area contributed by atoms with Crippen molar-refractivity contribution in [3.8, 4) is 11.5 Å². The first-order valence-corrected chi connectivity index (χ1v) is 8.98. The molecule has 0 aliphatic rings. The van der Waals surface area contributed by atoms with Crippen molar-refractivity contribution in [2.24, 2.45) is 0 Å². The first-order chi connectivity index (χ1) is 13.2. The summed E-state index contributed by atoms with van der Waals surface area (Å²) >= 11 is 0. The van der Waals surface area contributed by atoms with E-state index in [9.17, 15) is 13.2 Å². The van der Waals surface area contributed by atoms with Gasteiger partial charge in [-0.25, -0.2) is 0 Å². The maximum Gasteiger partial charge on any atom is 0.421 e. The molecule has 0 amide bonds. The molecule has 0 aliphatic carbocycles. The fourth-order valence-corrected chi connectivity index (χ4v) is 2.78. The molecule has 3 nitrogen and oxygen atoms in total. The van der Waals surface area contributed by atoms with Crippen molar-refractivity contribution in [2.45, 2.75) is 38.5 Å². The first kappa shape index (κ1) is 22.0. The Hall–Kier alpha value is -2.31. The van der Waals surface area contributed by atoms with E-state index < -0.39 is 18.6 Å². The molecule has 6 heteroatoms. The Balaban J connectivity index is 2.43. The van der Waals surface area contributed by atoms with Crippen LogP contribution < -0.4 is 4.74 Å². The lowest BCUT2D eigenvalue weighted by molar-refractivity contribution is -0.296. The zero-order chi connectivity index (χ0) is 20.8. The molecule has 0 spiro atoms. The number of benzene rings is 2. The van der Waals surface area contributed by atoms with Gasteiger partial charge in [-0.05, 0) is 54.3 Å². The summed E-state index contributed by atoms with van der Waals surface area (Å²) in [6.07, 6.45) is -1.57. The van der Waals surface area contributed by atoms with Crippen molar-refractivity contribution >= 4 is 6.08 Å². The van der Waals surface area contributed by atoms with E-state index in [1.165, 1.54) is 19.2 Å². The third-order valence-corrected chi connectivity index (χ3v) is 4.46. The summed E-state index contributed by atoms with van der Waals surface area (Å²) in [6.45, 7) is 6.22. The highest BCUT2D eigenvalue weighted by Gasteiger charge is 2.54. The van der Waals surface area contributed by atoms with Crippen LogP contribution in [0, 0.1) is 0 Å². The molecule has 0 saturated heterocycles. The normalized spacial score (nSPS) is 13.8. The number of alkyl halides is 3. The molecule has 0 heterocycles. The van der Waals surface area contributed by atoms with Gasteiger partial charge in [-0.2, -0.15) is 13.2 Å². The van der Waals surface area contributed by atoms with Gasteiger partial charge in [0.25, 0.3) is 0 Å². The van der Waals surface area contributed by atoms with Gasteiger partial charge in [-0.15, -0.1) is 0 Å². The Morgan fingerprint density at radius 2 is 1.86 bits per heavy atom. The highest BCUT2D eigenvalue weighted by molar-refractivity contribution is 5.51. The van der Waals surface area contributed by atoms with Gasteiger partial charge in [0.2, 0.25) is 0 Å². The SMILES string of the molecule is C=Cc1cccc(Oc2ccc(C(C)(OCOC)C(F)(F)F)cc2CCC)c1. The van der Waals surface area contributed by atoms with Gasteiger partial charge in [0.15, 0.2) is 5.60 Å². The molecule has 0 fully saturated rings. The zero-order valence-electron chi connectivity index (χ0n) is 16.3. The molecule has 0 radical (unpaired) electrons. The molecule has 2 aromatic carbocycles. The summed E-state index contributed by atoms with van der Waals surface area (Å²) in [5.74, 6) is 1.11. The van der Waals surface area contributed by atoms with Crippen molar-refractivity contribution in [1.29, 1.82) is 0 Å². The maximum atomic E-state index is 13.7. The Bertz CT molecular complexity index is 802. The van der Waals surface area contributed by atoms with Crippen LogP contribution in [0.2, 0.25) is 0 Å². The molecule has 28 heavy (non-hydrogen) atoms. The summed E-state index contributed by atoms with van der Waals surface area (Å²) in [4.78, 5) is 0. The predicted octanol–water partition coefficient (Wildman–Crippen LogP) is 6.47. The fourth-order valence-electron chi connectivity index (χ4n) is 2.78. The van der Waals surface area contributed by atoms with Gasteiger partial charge < -0.3 is 14.2 Å². The topological polar surface area (TPSA) is 27.7 Å². The summed E-state index contributed by atoms with van der Waals surface area (Å²) in [5, 5.41) is 0. The Labute approximate surface area is 163 Å². The monoisotopic (exact) mass is 394 g/mol. The van der Waals surface area contributed by atoms with Crippen LogP contribution in [-0.4, -0.2) is 20.1 Å². The molecule has 0 aliphatic heterocycles. The van der Waals surface area contributed by atoms with Crippen molar-refractivity contribution < 1.29 is 27.4 Å². The van der Waals surface area contributed by atoms with Crippen LogP contribution in [0.5, 0.6) is 11.5 Å². The average Bonchev–Trinajstić information content (AvgIpc) is 2.67. The third-order valence-electron chi connectivity index (χ3n) is 4.46. The minimum absolute atomic E-state index is 0.00712. The lowest BCUT2D eigenvalue weighted by atomic mass is 9.92. The zero-order valence-corrected chi connectivity index (χ0v) is 16.3. The molecule has 0 saturated carbocycles. The van der Waals surface area contributed by atoms with Crippen LogP contribution in [0.1, 0.15) is 37.0 Å².